The molecule has 0 unspecified atom stereocenters. The summed E-state index contributed by atoms with van der Waals surface area (Å²) in [4.78, 5) is 28.1. The Morgan fingerprint density at radius 3 is 2.83 bits per heavy atom. The molecule has 9 heteroatoms. The molecule has 0 spiro atoms. The van der Waals surface area contributed by atoms with Gasteiger partial charge in [0.2, 0.25) is 10.0 Å². The second-order valence-corrected chi connectivity index (χ2v) is 8.71. The molecule has 1 fully saturated rings. The second kappa shape index (κ2) is 7.04. The Morgan fingerprint density at radius 1 is 1.29 bits per heavy atom. The lowest BCUT2D eigenvalue weighted by Gasteiger charge is -2.34. The first-order valence-electron chi connectivity index (χ1n) is 7.85. The van der Waals surface area contributed by atoms with E-state index in [4.69, 9.17) is 0 Å². The Kier molecular flexibility index (Phi) is 5.02. The number of hydrogen-bond acceptors (Lipinski definition) is 5. The molecule has 0 amide bonds. The highest BCUT2D eigenvalue weighted by Crippen LogP contribution is 2.27. The molecule has 3 heterocycles. The number of piperidine rings is 1. The van der Waals surface area contributed by atoms with Gasteiger partial charge in [0, 0.05) is 23.7 Å². The smallest absolute Gasteiger partial charge is 0.313 e. The van der Waals surface area contributed by atoms with Crippen molar-refractivity contribution in [3.05, 3.63) is 49.4 Å². The van der Waals surface area contributed by atoms with Gasteiger partial charge in [-0.3, -0.25) is 9.78 Å². The maximum Gasteiger partial charge on any atom is 0.325 e. The molecule has 2 aromatic rings. The monoisotopic (exact) mass is 369 g/mol. The third-order valence-electron chi connectivity index (χ3n) is 4.25. The molecule has 0 aliphatic carbocycles. The summed E-state index contributed by atoms with van der Waals surface area (Å²) in [5.74, 6) is 0. The lowest BCUT2D eigenvalue weighted by Crippen LogP contribution is -2.45. The molecule has 24 heavy (non-hydrogen) atoms. The predicted octanol–water partition coefficient (Wildman–Crippen LogP) is 1.30. The highest BCUT2D eigenvalue weighted by atomic mass is 32.2. The van der Waals surface area contributed by atoms with Crippen LogP contribution in [0.2, 0.25) is 0 Å². The molecule has 3 rings (SSSR count). The lowest BCUT2D eigenvalue weighted by atomic mass is 10.0. The molecule has 7 nitrogen and oxygen atoms in total. The van der Waals surface area contributed by atoms with Crippen LogP contribution in [0.25, 0.3) is 0 Å². The van der Waals surface area contributed by atoms with E-state index < -0.39 is 26.2 Å². The summed E-state index contributed by atoms with van der Waals surface area (Å²) in [7, 11) is -3.93. The van der Waals surface area contributed by atoms with Gasteiger partial charge in [-0.2, -0.15) is 4.31 Å². The first-order chi connectivity index (χ1) is 11.5. The van der Waals surface area contributed by atoms with Crippen molar-refractivity contribution >= 4 is 21.4 Å². The molecule has 0 aromatic carbocycles. The number of aryl methyl sites for hydroxylation is 1. The first kappa shape index (κ1) is 17.1. The SMILES string of the molecule is O=c1[nH]cc(S(=O)(=O)N2CCCC[C@H]2CCc2cccs2)c(=O)[nH]1. The predicted molar refractivity (Wildman–Crippen MR) is 91.9 cm³/mol. The second-order valence-electron chi connectivity index (χ2n) is 5.82. The third-order valence-corrected chi connectivity index (χ3v) is 7.14. The number of rotatable bonds is 5. The normalized spacial score (nSPS) is 19.4. The van der Waals surface area contributed by atoms with Gasteiger partial charge >= 0.3 is 5.69 Å². The average molecular weight is 369 g/mol. The van der Waals surface area contributed by atoms with Crippen LogP contribution in [-0.2, 0) is 16.4 Å². The summed E-state index contributed by atoms with van der Waals surface area (Å²) in [6.07, 6.45) is 5.06. The van der Waals surface area contributed by atoms with Gasteiger partial charge in [0.25, 0.3) is 5.56 Å². The third kappa shape index (κ3) is 3.52. The summed E-state index contributed by atoms with van der Waals surface area (Å²) in [5.41, 5.74) is -1.59. The summed E-state index contributed by atoms with van der Waals surface area (Å²) in [5, 5.41) is 2.00. The largest absolute Gasteiger partial charge is 0.325 e. The Morgan fingerprint density at radius 2 is 2.12 bits per heavy atom. The molecule has 0 saturated carbocycles. The van der Waals surface area contributed by atoms with Crippen LogP contribution in [0.1, 0.15) is 30.6 Å². The number of H-pyrrole nitrogens is 2. The van der Waals surface area contributed by atoms with Crippen molar-refractivity contribution in [2.24, 2.45) is 0 Å². The van der Waals surface area contributed by atoms with Crippen LogP contribution in [0, 0.1) is 0 Å². The molecule has 1 saturated heterocycles. The Hall–Kier alpha value is -1.71. The van der Waals surface area contributed by atoms with Crippen LogP contribution in [0.5, 0.6) is 0 Å². The zero-order valence-electron chi connectivity index (χ0n) is 13.0. The molecular formula is C15H19N3O4S2. The number of hydrogen-bond donors (Lipinski definition) is 2. The van der Waals surface area contributed by atoms with Crippen molar-refractivity contribution in [3.8, 4) is 0 Å². The van der Waals surface area contributed by atoms with E-state index in [9.17, 15) is 18.0 Å². The van der Waals surface area contributed by atoms with Crippen molar-refractivity contribution in [1.82, 2.24) is 14.3 Å². The van der Waals surface area contributed by atoms with Gasteiger partial charge in [0.05, 0.1) is 0 Å². The van der Waals surface area contributed by atoms with Gasteiger partial charge in [-0.05, 0) is 37.1 Å². The number of sulfonamides is 1. The minimum absolute atomic E-state index is 0.128. The standard InChI is InChI=1S/C15H19N3O4S2/c19-14-13(10-16-15(20)17-14)24(21,22)18-8-2-1-4-11(18)6-7-12-5-3-9-23-12/h3,5,9-11H,1-2,4,6-8H2,(H2,16,17,19,20)/t11-/m0/s1. The van der Waals surface area contributed by atoms with Crippen molar-refractivity contribution in [1.29, 1.82) is 0 Å². The lowest BCUT2D eigenvalue weighted by molar-refractivity contribution is 0.241. The number of nitrogens with zero attached hydrogens (tertiary/aromatic N) is 1. The fraction of sp³-hybridized carbons (Fsp3) is 0.467. The van der Waals surface area contributed by atoms with Gasteiger partial charge in [-0.1, -0.05) is 12.5 Å². The van der Waals surface area contributed by atoms with E-state index >= 15 is 0 Å². The van der Waals surface area contributed by atoms with Crippen LogP contribution in [-0.4, -0.2) is 35.3 Å². The minimum Gasteiger partial charge on any atom is -0.313 e. The minimum atomic E-state index is -3.93. The topological polar surface area (TPSA) is 103 Å². The van der Waals surface area contributed by atoms with Crippen LogP contribution in [0.4, 0.5) is 0 Å². The van der Waals surface area contributed by atoms with Gasteiger partial charge in [-0.15, -0.1) is 11.3 Å². The van der Waals surface area contributed by atoms with Crippen molar-refractivity contribution in [2.75, 3.05) is 6.54 Å². The van der Waals surface area contributed by atoms with Crippen molar-refractivity contribution in [2.45, 2.75) is 43.0 Å². The molecule has 1 aliphatic rings. The zero-order valence-corrected chi connectivity index (χ0v) is 14.7. The van der Waals surface area contributed by atoms with E-state index in [1.807, 2.05) is 22.5 Å². The van der Waals surface area contributed by atoms with Gasteiger partial charge in [0.1, 0.15) is 0 Å². The number of thiophene rings is 1. The van der Waals surface area contributed by atoms with Gasteiger partial charge in [-0.25, -0.2) is 13.2 Å². The average Bonchev–Trinajstić information content (AvgIpc) is 3.06. The van der Waals surface area contributed by atoms with Gasteiger partial charge in [0.15, 0.2) is 4.90 Å². The number of nitrogens with one attached hydrogen (secondary N) is 2. The Bertz CT molecular complexity index is 899. The fourth-order valence-corrected chi connectivity index (χ4v) is 5.50. The fourth-order valence-electron chi connectivity index (χ4n) is 3.06. The highest BCUT2D eigenvalue weighted by Gasteiger charge is 2.35. The molecule has 130 valence electrons. The summed E-state index contributed by atoms with van der Waals surface area (Å²) in [6, 6.07) is 3.89. The van der Waals surface area contributed by atoms with Gasteiger partial charge < -0.3 is 4.98 Å². The molecule has 1 atom stereocenters. The maximum atomic E-state index is 12.9. The van der Waals surface area contributed by atoms with Crippen molar-refractivity contribution < 1.29 is 8.42 Å². The van der Waals surface area contributed by atoms with E-state index in [2.05, 4.69) is 4.98 Å². The first-order valence-corrected chi connectivity index (χ1v) is 10.2. The van der Waals surface area contributed by atoms with E-state index in [1.54, 1.807) is 11.3 Å². The summed E-state index contributed by atoms with van der Waals surface area (Å²) >= 11 is 1.66. The quantitative estimate of drug-likeness (QED) is 0.829. The maximum absolute atomic E-state index is 12.9. The Labute approximate surface area is 143 Å². The number of aromatic amines is 2. The molecule has 2 N–H and O–H groups in total. The highest BCUT2D eigenvalue weighted by molar-refractivity contribution is 7.89. The summed E-state index contributed by atoms with van der Waals surface area (Å²) in [6.45, 7) is 0.399. The Balaban J connectivity index is 1.85. The zero-order chi connectivity index (χ0) is 17.2. The van der Waals surface area contributed by atoms with Crippen LogP contribution in [0.15, 0.2) is 38.2 Å². The van der Waals surface area contributed by atoms with Crippen LogP contribution >= 0.6 is 11.3 Å². The molecule has 2 aromatic heterocycles. The van der Waals surface area contributed by atoms with E-state index in [1.165, 1.54) is 9.18 Å². The van der Waals surface area contributed by atoms with Crippen LogP contribution < -0.4 is 11.2 Å². The molecule has 1 aliphatic heterocycles. The summed E-state index contributed by atoms with van der Waals surface area (Å²) < 4.78 is 27.2. The molecular weight excluding hydrogens is 350 g/mol. The molecule has 0 bridgehead atoms. The van der Waals surface area contributed by atoms with Crippen molar-refractivity contribution in [3.63, 3.8) is 0 Å². The van der Waals surface area contributed by atoms with Crippen LogP contribution in [0.3, 0.4) is 0 Å². The van der Waals surface area contributed by atoms with E-state index in [0.29, 0.717) is 6.54 Å². The number of aromatic nitrogens is 2. The molecule has 0 radical (unpaired) electrons. The van der Waals surface area contributed by atoms with E-state index in [0.717, 1.165) is 38.3 Å². The van der Waals surface area contributed by atoms with E-state index in [-0.39, 0.29) is 6.04 Å².